The number of hydrogen-bond donors (Lipinski definition) is 1. The number of methoxy groups -OCH3 is 1. The number of carbonyl (C=O) groups excluding carboxylic acids is 3. The minimum absolute atomic E-state index is 0.0634. The van der Waals surface area contributed by atoms with Crippen LogP contribution in [0.3, 0.4) is 0 Å². The number of imide groups is 1. The fourth-order valence-corrected chi connectivity index (χ4v) is 4.03. The third-order valence-corrected chi connectivity index (χ3v) is 5.66. The van der Waals surface area contributed by atoms with Crippen molar-refractivity contribution in [2.45, 2.75) is 13.5 Å². The van der Waals surface area contributed by atoms with E-state index in [0.29, 0.717) is 33.7 Å². The molecule has 6 nitrogen and oxygen atoms in total. The van der Waals surface area contributed by atoms with Crippen molar-refractivity contribution in [3.05, 3.63) is 93.0 Å². The molecule has 0 unspecified atom stereocenters. The summed E-state index contributed by atoms with van der Waals surface area (Å²) in [6.07, 6.45) is 0. The predicted molar refractivity (Wildman–Crippen MR) is 120 cm³/mol. The zero-order valence-electron chi connectivity index (χ0n) is 16.9. The number of ether oxygens (including phenoxy) is 1. The molecule has 0 fully saturated rings. The third-order valence-electron chi connectivity index (χ3n) is 5.16. The number of amides is 3. The van der Waals surface area contributed by atoms with Crippen molar-refractivity contribution < 1.29 is 19.1 Å². The Kier molecular flexibility index (Phi) is 5.61. The number of nitrogens with zero attached hydrogens (tertiary/aromatic N) is 1. The summed E-state index contributed by atoms with van der Waals surface area (Å²) >= 11 is 3.41. The molecule has 156 valence electrons. The first-order valence-corrected chi connectivity index (χ1v) is 10.4. The molecule has 7 heteroatoms. The number of rotatable bonds is 5. The van der Waals surface area contributed by atoms with Crippen molar-refractivity contribution >= 4 is 39.3 Å². The zero-order chi connectivity index (χ0) is 22.1. The van der Waals surface area contributed by atoms with Crippen molar-refractivity contribution in [1.82, 2.24) is 4.90 Å². The van der Waals surface area contributed by atoms with Crippen molar-refractivity contribution in [2.75, 3.05) is 12.4 Å². The van der Waals surface area contributed by atoms with Crippen LogP contribution in [0.1, 0.15) is 42.2 Å². The second-order valence-electron chi connectivity index (χ2n) is 7.19. The van der Waals surface area contributed by atoms with Gasteiger partial charge in [0, 0.05) is 10.2 Å². The highest BCUT2D eigenvalue weighted by molar-refractivity contribution is 9.10. The number of halogens is 1. The van der Waals surface area contributed by atoms with E-state index in [-0.39, 0.29) is 24.3 Å². The Labute approximate surface area is 188 Å². The predicted octanol–water partition coefficient (Wildman–Crippen LogP) is 4.81. The van der Waals surface area contributed by atoms with Gasteiger partial charge in [-0.25, -0.2) is 0 Å². The van der Waals surface area contributed by atoms with Crippen LogP contribution in [0.4, 0.5) is 5.69 Å². The first-order chi connectivity index (χ1) is 14.9. The van der Waals surface area contributed by atoms with E-state index >= 15 is 0 Å². The van der Waals surface area contributed by atoms with Crippen molar-refractivity contribution in [3.63, 3.8) is 0 Å². The van der Waals surface area contributed by atoms with Crippen LogP contribution in [0, 0.1) is 6.92 Å². The highest BCUT2D eigenvalue weighted by Gasteiger charge is 2.35. The van der Waals surface area contributed by atoms with Gasteiger partial charge < -0.3 is 10.1 Å². The van der Waals surface area contributed by atoms with Gasteiger partial charge >= 0.3 is 0 Å². The molecule has 0 bridgehead atoms. The van der Waals surface area contributed by atoms with E-state index in [1.807, 2.05) is 25.1 Å². The molecule has 1 N–H and O–H groups in total. The van der Waals surface area contributed by atoms with E-state index in [4.69, 9.17) is 4.74 Å². The summed E-state index contributed by atoms with van der Waals surface area (Å²) in [4.78, 5) is 39.5. The molecule has 3 aromatic carbocycles. The zero-order valence-corrected chi connectivity index (χ0v) is 18.5. The quantitative estimate of drug-likeness (QED) is 0.533. The smallest absolute Gasteiger partial charge is 0.261 e. The number of benzene rings is 3. The molecule has 0 aliphatic carbocycles. The Balaban J connectivity index is 1.60. The maximum absolute atomic E-state index is 13.0. The normalized spacial score (nSPS) is 12.7. The van der Waals surface area contributed by atoms with E-state index in [1.54, 1.807) is 42.5 Å². The SMILES string of the molecule is COc1ccc(CN2C(=O)c3ccccc3C2=O)cc1C(=O)Nc1ccc(Br)cc1C. The van der Waals surface area contributed by atoms with Crippen LogP contribution in [-0.4, -0.2) is 29.7 Å². The molecule has 1 aliphatic rings. The number of carbonyl (C=O) groups is 3. The molecule has 1 heterocycles. The molecule has 0 saturated carbocycles. The van der Waals surface area contributed by atoms with Gasteiger partial charge in [0.2, 0.25) is 0 Å². The topological polar surface area (TPSA) is 75.7 Å². The van der Waals surface area contributed by atoms with Gasteiger partial charge in [-0.1, -0.05) is 34.1 Å². The average Bonchev–Trinajstić information content (AvgIpc) is 3.00. The minimum Gasteiger partial charge on any atom is -0.496 e. The van der Waals surface area contributed by atoms with E-state index in [9.17, 15) is 14.4 Å². The van der Waals surface area contributed by atoms with Crippen LogP contribution in [0.15, 0.2) is 65.1 Å². The van der Waals surface area contributed by atoms with Gasteiger partial charge in [-0.2, -0.15) is 0 Å². The Morgan fingerprint density at radius 3 is 2.29 bits per heavy atom. The number of aryl methyl sites for hydroxylation is 1. The third kappa shape index (κ3) is 3.96. The van der Waals surface area contributed by atoms with E-state index < -0.39 is 0 Å². The Hall–Kier alpha value is -3.45. The highest BCUT2D eigenvalue weighted by atomic mass is 79.9. The fraction of sp³-hybridized carbons (Fsp3) is 0.125. The number of fused-ring (bicyclic) bond motifs is 1. The van der Waals surface area contributed by atoms with Crippen molar-refractivity contribution in [3.8, 4) is 5.75 Å². The van der Waals surface area contributed by atoms with Gasteiger partial charge in [-0.05, 0) is 60.5 Å². The van der Waals surface area contributed by atoms with Gasteiger partial charge in [0.05, 0.1) is 30.3 Å². The Morgan fingerprint density at radius 2 is 1.68 bits per heavy atom. The van der Waals surface area contributed by atoms with Crippen LogP contribution < -0.4 is 10.1 Å². The van der Waals surface area contributed by atoms with Gasteiger partial charge in [0.1, 0.15) is 5.75 Å². The van der Waals surface area contributed by atoms with Crippen LogP contribution in [0.5, 0.6) is 5.75 Å². The molecule has 0 radical (unpaired) electrons. The number of hydrogen-bond acceptors (Lipinski definition) is 4. The maximum atomic E-state index is 13.0. The van der Waals surface area contributed by atoms with Gasteiger partial charge in [0.15, 0.2) is 0 Å². The van der Waals surface area contributed by atoms with Crippen LogP contribution in [-0.2, 0) is 6.54 Å². The molecule has 4 rings (SSSR count). The first kappa shape index (κ1) is 20.8. The molecule has 3 amide bonds. The molecule has 31 heavy (non-hydrogen) atoms. The Morgan fingerprint density at radius 1 is 1.00 bits per heavy atom. The summed E-state index contributed by atoms with van der Waals surface area (Å²) in [5, 5.41) is 2.89. The van der Waals surface area contributed by atoms with Crippen LogP contribution >= 0.6 is 15.9 Å². The lowest BCUT2D eigenvalue weighted by atomic mass is 10.1. The molecule has 0 spiro atoms. The molecule has 0 aromatic heterocycles. The second-order valence-corrected chi connectivity index (χ2v) is 8.11. The minimum atomic E-state index is -0.341. The van der Waals surface area contributed by atoms with Crippen LogP contribution in [0.25, 0.3) is 0 Å². The number of nitrogens with one attached hydrogen (secondary N) is 1. The van der Waals surface area contributed by atoms with Crippen molar-refractivity contribution in [2.24, 2.45) is 0 Å². The lowest BCUT2D eigenvalue weighted by molar-refractivity contribution is 0.0642. The molecule has 3 aromatic rings. The van der Waals surface area contributed by atoms with E-state index in [2.05, 4.69) is 21.2 Å². The summed E-state index contributed by atoms with van der Waals surface area (Å²) < 4.78 is 6.28. The first-order valence-electron chi connectivity index (χ1n) is 9.58. The standard InChI is InChI=1S/C24H19BrN2O4/c1-14-11-16(25)8-9-20(14)26-22(28)19-12-15(7-10-21(19)31-2)13-27-23(29)17-5-3-4-6-18(17)24(27)30/h3-12H,13H2,1-2H3,(H,26,28). The largest absolute Gasteiger partial charge is 0.496 e. The summed E-state index contributed by atoms with van der Waals surface area (Å²) in [6, 6.07) is 17.4. The summed E-state index contributed by atoms with van der Waals surface area (Å²) in [7, 11) is 1.49. The average molecular weight is 479 g/mol. The van der Waals surface area contributed by atoms with Crippen molar-refractivity contribution in [1.29, 1.82) is 0 Å². The fourth-order valence-electron chi connectivity index (χ4n) is 3.55. The van der Waals surface area contributed by atoms with E-state index in [1.165, 1.54) is 12.0 Å². The monoisotopic (exact) mass is 478 g/mol. The van der Waals surface area contributed by atoms with E-state index in [0.717, 1.165) is 10.0 Å². The van der Waals surface area contributed by atoms with Gasteiger partial charge in [-0.15, -0.1) is 0 Å². The maximum Gasteiger partial charge on any atom is 0.261 e. The lowest BCUT2D eigenvalue weighted by Gasteiger charge is -2.16. The molecule has 1 aliphatic heterocycles. The molecular weight excluding hydrogens is 460 g/mol. The second kappa shape index (κ2) is 8.35. The summed E-state index contributed by atoms with van der Waals surface area (Å²) in [6.45, 7) is 1.96. The highest BCUT2D eigenvalue weighted by Crippen LogP contribution is 2.27. The number of anilines is 1. The lowest BCUT2D eigenvalue weighted by Crippen LogP contribution is -2.29. The van der Waals surface area contributed by atoms with Crippen LogP contribution in [0.2, 0.25) is 0 Å². The molecule has 0 atom stereocenters. The van der Waals surface area contributed by atoms with Gasteiger partial charge in [-0.3, -0.25) is 19.3 Å². The summed E-state index contributed by atoms with van der Waals surface area (Å²) in [5.74, 6) is -0.620. The molecule has 0 saturated heterocycles. The molecular formula is C24H19BrN2O4. The summed E-state index contributed by atoms with van der Waals surface area (Å²) in [5.41, 5.74) is 3.34. The Bertz CT molecular complexity index is 1190. The van der Waals surface area contributed by atoms with Gasteiger partial charge in [0.25, 0.3) is 17.7 Å².